The van der Waals surface area contributed by atoms with Gasteiger partial charge in [0.2, 0.25) is 0 Å². The summed E-state index contributed by atoms with van der Waals surface area (Å²) >= 11 is 0. The average molecular weight is 254 g/mol. The number of sulfone groups is 1. The molecule has 0 saturated carbocycles. The van der Waals surface area contributed by atoms with Crippen molar-refractivity contribution in [2.75, 3.05) is 18.1 Å². The van der Waals surface area contributed by atoms with Crippen LogP contribution in [0.15, 0.2) is 24.3 Å². The number of aliphatic hydroxyl groups excluding tert-OH is 1. The monoisotopic (exact) mass is 254 g/mol. The molecule has 1 aliphatic carbocycles. The molecule has 0 saturated heterocycles. The summed E-state index contributed by atoms with van der Waals surface area (Å²) in [5.41, 5.74) is 2.48. The van der Waals surface area contributed by atoms with Gasteiger partial charge < -0.3 is 5.11 Å². The smallest absolute Gasteiger partial charge is 0.151 e. The molecule has 0 spiro atoms. The Morgan fingerprint density at radius 2 is 2.06 bits per heavy atom. The summed E-state index contributed by atoms with van der Waals surface area (Å²) in [7, 11) is -3.03. The standard InChI is InChI=1S/C13H18O3S/c14-8-3-9-17(15,16)10-12-7-6-11-4-1-2-5-13(11)12/h1-2,4-5,12,14H,3,6-10H2/t12-/m1/s1. The number of hydrogen-bond acceptors (Lipinski definition) is 3. The fourth-order valence-corrected chi connectivity index (χ4v) is 4.19. The van der Waals surface area contributed by atoms with Gasteiger partial charge in [0.05, 0.1) is 11.5 Å². The van der Waals surface area contributed by atoms with Gasteiger partial charge in [-0.25, -0.2) is 8.42 Å². The molecule has 0 amide bonds. The highest BCUT2D eigenvalue weighted by Gasteiger charge is 2.26. The molecule has 4 heteroatoms. The summed E-state index contributed by atoms with van der Waals surface area (Å²) in [6.45, 7) is -0.0551. The molecule has 1 aromatic rings. The number of fused-ring (bicyclic) bond motifs is 1. The summed E-state index contributed by atoms with van der Waals surface area (Å²) in [5.74, 6) is 0.474. The Balaban J connectivity index is 2.07. The van der Waals surface area contributed by atoms with Crippen molar-refractivity contribution in [1.82, 2.24) is 0 Å². The van der Waals surface area contributed by atoms with Crippen LogP contribution >= 0.6 is 0 Å². The van der Waals surface area contributed by atoms with Crippen LogP contribution in [0.25, 0.3) is 0 Å². The second kappa shape index (κ2) is 5.19. The molecule has 17 heavy (non-hydrogen) atoms. The Morgan fingerprint density at radius 1 is 1.29 bits per heavy atom. The van der Waals surface area contributed by atoms with E-state index in [0.717, 1.165) is 12.8 Å². The van der Waals surface area contributed by atoms with Gasteiger partial charge >= 0.3 is 0 Å². The van der Waals surface area contributed by atoms with Crippen LogP contribution in [0.2, 0.25) is 0 Å². The second-order valence-corrected chi connectivity index (χ2v) is 6.85. The van der Waals surface area contributed by atoms with E-state index in [9.17, 15) is 8.42 Å². The van der Waals surface area contributed by atoms with Gasteiger partial charge in [-0.1, -0.05) is 24.3 Å². The molecule has 3 nitrogen and oxygen atoms in total. The van der Waals surface area contributed by atoms with Gasteiger partial charge in [0.25, 0.3) is 0 Å². The number of hydrogen-bond donors (Lipinski definition) is 1. The summed E-state index contributed by atoms with van der Waals surface area (Å²) in [5, 5.41) is 8.68. The number of aliphatic hydroxyl groups is 1. The van der Waals surface area contributed by atoms with Crippen LogP contribution < -0.4 is 0 Å². The molecule has 1 aliphatic rings. The molecule has 2 rings (SSSR count). The minimum Gasteiger partial charge on any atom is -0.396 e. The van der Waals surface area contributed by atoms with Crippen molar-refractivity contribution in [3.63, 3.8) is 0 Å². The molecular weight excluding hydrogens is 236 g/mol. The van der Waals surface area contributed by atoms with Crippen LogP contribution in [0.4, 0.5) is 0 Å². The average Bonchev–Trinajstić information content (AvgIpc) is 2.70. The Morgan fingerprint density at radius 3 is 2.82 bits per heavy atom. The molecule has 0 heterocycles. The molecule has 0 aromatic heterocycles. The molecular formula is C13H18O3S. The third-order valence-electron chi connectivity index (χ3n) is 3.33. The topological polar surface area (TPSA) is 54.4 Å². The van der Waals surface area contributed by atoms with Crippen LogP contribution in [-0.2, 0) is 16.3 Å². The number of aryl methyl sites for hydroxylation is 1. The molecule has 0 fully saturated rings. The first-order valence-electron chi connectivity index (χ1n) is 6.01. The Bertz CT molecular complexity index is 479. The second-order valence-electron chi connectivity index (χ2n) is 4.63. The minimum atomic E-state index is -3.03. The van der Waals surface area contributed by atoms with E-state index in [1.807, 2.05) is 18.2 Å². The van der Waals surface area contributed by atoms with E-state index in [4.69, 9.17) is 5.11 Å². The molecule has 0 radical (unpaired) electrons. The van der Waals surface area contributed by atoms with Crippen molar-refractivity contribution in [3.8, 4) is 0 Å². The number of rotatable bonds is 5. The Hall–Kier alpha value is -0.870. The minimum absolute atomic E-state index is 0.0551. The van der Waals surface area contributed by atoms with Crippen molar-refractivity contribution >= 4 is 9.84 Å². The van der Waals surface area contributed by atoms with Gasteiger partial charge in [0.15, 0.2) is 9.84 Å². The van der Waals surface area contributed by atoms with E-state index in [2.05, 4.69) is 6.07 Å². The van der Waals surface area contributed by atoms with E-state index in [1.54, 1.807) is 0 Å². The lowest BCUT2D eigenvalue weighted by molar-refractivity contribution is 0.295. The summed E-state index contributed by atoms with van der Waals surface area (Å²) in [6.07, 6.45) is 2.25. The Labute approximate surface area is 102 Å². The maximum Gasteiger partial charge on any atom is 0.151 e. The largest absolute Gasteiger partial charge is 0.396 e. The van der Waals surface area contributed by atoms with Gasteiger partial charge in [-0.3, -0.25) is 0 Å². The van der Waals surface area contributed by atoms with Crippen molar-refractivity contribution in [2.24, 2.45) is 0 Å². The van der Waals surface area contributed by atoms with E-state index in [0.29, 0.717) is 6.42 Å². The van der Waals surface area contributed by atoms with Crippen LogP contribution in [0.1, 0.15) is 29.9 Å². The van der Waals surface area contributed by atoms with Gasteiger partial charge in [0, 0.05) is 6.61 Å². The van der Waals surface area contributed by atoms with Gasteiger partial charge in [-0.05, 0) is 36.3 Å². The summed E-state index contributed by atoms with van der Waals surface area (Å²) in [4.78, 5) is 0. The highest BCUT2D eigenvalue weighted by Crippen LogP contribution is 2.33. The van der Waals surface area contributed by atoms with Gasteiger partial charge in [0.1, 0.15) is 0 Å². The van der Waals surface area contributed by atoms with Crippen LogP contribution in [0.3, 0.4) is 0 Å². The maximum absolute atomic E-state index is 11.8. The SMILES string of the molecule is O=S(=O)(CCCO)C[C@H]1CCc2ccccc21. The van der Waals surface area contributed by atoms with E-state index >= 15 is 0 Å². The van der Waals surface area contributed by atoms with E-state index in [1.165, 1.54) is 11.1 Å². The highest BCUT2D eigenvalue weighted by atomic mass is 32.2. The lowest BCUT2D eigenvalue weighted by Crippen LogP contribution is -2.17. The zero-order chi connectivity index (χ0) is 12.3. The lowest BCUT2D eigenvalue weighted by Gasteiger charge is -2.11. The molecule has 1 aromatic carbocycles. The normalized spacial score (nSPS) is 19.2. The number of benzene rings is 1. The fourth-order valence-electron chi connectivity index (χ4n) is 2.49. The van der Waals surface area contributed by atoms with Crippen LogP contribution in [0.5, 0.6) is 0 Å². The first-order valence-corrected chi connectivity index (χ1v) is 7.83. The highest BCUT2D eigenvalue weighted by molar-refractivity contribution is 7.91. The van der Waals surface area contributed by atoms with Crippen molar-refractivity contribution in [3.05, 3.63) is 35.4 Å². The molecule has 1 atom stereocenters. The van der Waals surface area contributed by atoms with E-state index < -0.39 is 9.84 Å². The van der Waals surface area contributed by atoms with E-state index in [-0.39, 0.29) is 24.0 Å². The van der Waals surface area contributed by atoms with Gasteiger partial charge in [-0.2, -0.15) is 0 Å². The van der Waals surface area contributed by atoms with Crippen molar-refractivity contribution < 1.29 is 13.5 Å². The molecule has 0 aliphatic heterocycles. The molecule has 1 N–H and O–H groups in total. The van der Waals surface area contributed by atoms with Crippen LogP contribution in [-0.4, -0.2) is 31.6 Å². The predicted molar refractivity (Wildman–Crippen MR) is 67.9 cm³/mol. The maximum atomic E-state index is 11.8. The molecule has 94 valence electrons. The zero-order valence-corrected chi connectivity index (χ0v) is 10.6. The third kappa shape index (κ3) is 3.07. The molecule has 0 bridgehead atoms. The van der Waals surface area contributed by atoms with Crippen LogP contribution in [0, 0.1) is 0 Å². The summed E-state index contributed by atoms with van der Waals surface area (Å²) < 4.78 is 23.7. The first-order chi connectivity index (χ1) is 8.12. The predicted octanol–water partition coefficient (Wildman–Crippen LogP) is 1.51. The first kappa shape index (κ1) is 12.6. The van der Waals surface area contributed by atoms with Gasteiger partial charge in [-0.15, -0.1) is 0 Å². The van der Waals surface area contributed by atoms with Crippen molar-refractivity contribution in [1.29, 1.82) is 0 Å². The quantitative estimate of drug-likeness (QED) is 0.866. The summed E-state index contributed by atoms with van der Waals surface area (Å²) in [6, 6.07) is 8.09. The zero-order valence-electron chi connectivity index (χ0n) is 9.80. The fraction of sp³-hybridized carbons (Fsp3) is 0.538. The third-order valence-corrected chi connectivity index (χ3v) is 5.15. The lowest BCUT2D eigenvalue weighted by atomic mass is 10.0. The molecule has 0 unspecified atom stereocenters. The Kier molecular flexibility index (Phi) is 3.84. The van der Waals surface area contributed by atoms with Crippen molar-refractivity contribution in [2.45, 2.75) is 25.2 Å².